The van der Waals surface area contributed by atoms with E-state index < -0.39 is 5.09 Å². The fraction of sp³-hybridized carbons (Fsp3) is 0. The van der Waals surface area contributed by atoms with Crippen molar-refractivity contribution in [2.24, 2.45) is 0 Å². The van der Waals surface area contributed by atoms with E-state index in [0.717, 1.165) is 0 Å². The number of hydrogen-bond acceptors (Lipinski definition) is 4. The van der Waals surface area contributed by atoms with Gasteiger partial charge in [-0.1, -0.05) is 0 Å². The van der Waals surface area contributed by atoms with Crippen LogP contribution in [0, 0.1) is 10.1 Å². The predicted octanol–water partition coefficient (Wildman–Crippen LogP) is -0.333. The second-order valence-electron chi connectivity index (χ2n) is 0.238. The van der Waals surface area contributed by atoms with E-state index in [-0.39, 0.29) is 17.1 Å². The number of rotatable bonds is 0. The smallest absolute Gasteiger partial charge is 0.291 e. The fourth-order valence-electron chi connectivity index (χ4n) is 0. The van der Waals surface area contributed by atoms with Gasteiger partial charge in [0.2, 0.25) is 0 Å². The average Bonchev–Trinajstić information content (AvgIpc) is 1.41. The second-order valence-corrected chi connectivity index (χ2v) is 0.238. The third kappa shape index (κ3) is 575. The molecule has 0 aromatic heterocycles. The molecule has 0 aromatic rings. The van der Waals surface area contributed by atoms with Gasteiger partial charge in [-0.05, 0) is 0 Å². The quantitative estimate of drug-likeness (QED) is 0.191. The molecule has 0 unspecified atom stereocenters. The van der Waals surface area contributed by atoms with Crippen molar-refractivity contribution >= 4 is 0 Å². The van der Waals surface area contributed by atoms with Crippen molar-refractivity contribution in [2.45, 2.75) is 0 Å². The third-order valence-corrected chi connectivity index (χ3v) is 0. The topological polar surface area (TPSA) is 104 Å². The molecule has 0 amide bonds. The molecule has 0 spiro atoms. The van der Waals surface area contributed by atoms with Crippen molar-refractivity contribution in [3.8, 4) is 0 Å². The molecule has 0 heterocycles. The van der Waals surface area contributed by atoms with Gasteiger partial charge in [0.15, 0.2) is 0 Å². The summed E-state index contributed by atoms with van der Waals surface area (Å²) in [7, 11) is 0. The molecule has 0 rings (SSSR count). The summed E-state index contributed by atoms with van der Waals surface area (Å²) in [5.74, 6) is 0. The minimum Gasteiger partial charge on any atom is -0.328 e. The summed E-state index contributed by atoms with van der Waals surface area (Å²) in [6.45, 7) is 0. The van der Waals surface area contributed by atoms with Crippen LogP contribution in [0.3, 0.4) is 0 Å². The summed E-state index contributed by atoms with van der Waals surface area (Å²) in [6.07, 6.45) is 0. The Balaban J connectivity index is -0.0000000480. The van der Waals surface area contributed by atoms with Crippen LogP contribution < -0.4 is 0 Å². The van der Waals surface area contributed by atoms with Gasteiger partial charge in [0.05, 0.1) is 0 Å². The van der Waals surface area contributed by atoms with Crippen molar-refractivity contribution in [3.63, 3.8) is 0 Å². The molecule has 0 fully saturated rings. The standard InChI is InChI=1S/Fe.HNO3.H2O2/c;2-1(3)4;1-2/h;(H,2,3,4);1-2H. The minimum absolute atomic E-state index is 0. The molecule has 0 aliphatic heterocycles. The van der Waals surface area contributed by atoms with E-state index in [1.54, 1.807) is 0 Å². The first-order valence-electron chi connectivity index (χ1n) is 0.765. The Bertz CT molecular complexity index is 31.1. The van der Waals surface area contributed by atoms with Gasteiger partial charge < -0.3 is 5.21 Å². The van der Waals surface area contributed by atoms with Crippen molar-refractivity contribution in [2.75, 3.05) is 0 Å². The molecule has 7 heteroatoms. The van der Waals surface area contributed by atoms with Crippen LogP contribution >= 0.6 is 0 Å². The van der Waals surface area contributed by atoms with Crippen LogP contribution in [0.25, 0.3) is 0 Å². The van der Waals surface area contributed by atoms with Crippen molar-refractivity contribution in [1.29, 1.82) is 0 Å². The summed E-state index contributed by atoms with van der Waals surface area (Å²) in [5.41, 5.74) is 0. The third-order valence-electron chi connectivity index (χ3n) is 0. The van der Waals surface area contributed by atoms with Crippen molar-refractivity contribution in [3.05, 3.63) is 10.1 Å². The zero-order valence-electron chi connectivity index (χ0n) is 2.96. The molecule has 0 aromatic carbocycles. The van der Waals surface area contributed by atoms with Gasteiger partial charge in [0, 0.05) is 17.1 Å². The van der Waals surface area contributed by atoms with Crippen LogP contribution in [0.15, 0.2) is 0 Å². The van der Waals surface area contributed by atoms with Crippen LogP contribution in [-0.2, 0) is 17.1 Å². The van der Waals surface area contributed by atoms with Crippen LogP contribution in [0.1, 0.15) is 0 Å². The number of nitrogens with zero attached hydrogens (tertiary/aromatic N) is 1. The summed E-state index contributed by atoms with van der Waals surface area (Å²) < 4.78 is 0. The number of hydrogen-bond donors (Lipinski definition) is 3. The first-order chi connectivity index (χ1) is 2.73. The predicted molar refractivity (Wildman–Crippen MR) is 14.0 cm³/mol. The van der Waals surface area contributed by atoms with Crippen LogP contribution in [0.4, 0.5) is 0 Å². The van der Waals surface area contributed by atoms with Gasteiger partial charge in [-0.3, -0.25) is 10.5 Å². The Labute approximate surface area is 48.9 Å². The maximum Gasteiger partial charge on any atom is 0.291 e. The second kappa shape index (κ2) is 17.4. The minimum atomic E-state index is -1.50. The van der Waals surface area contributed by atoms with E-state index in [4.69, 9.17) is 25.8 Å². The molecule has 0 radical (unpaired) electrons. The van der Waals surface area contributed by atoms with Crippen molar-refractivity contribution in [1.82, 2.24) is 0 Å². The first-order valence-corrected chi connectivity index (χ1v) is 0.765. The van der Waals surface area contributed by atoms with Crippen LogP contribution in [0.2, 0.25) is 0 Å². The van der Waals surface area contributed by atoms with Crippen LogP contribution in [0.5, 0.6) is 0 Å². The van der Waals surface area contributed by atoms with Gasteiger partial charge in [-0.15, -0.1) is 10.1 Å². The zero-order chi connectivity index (χ0) is 5.58. The Morgan fingerprint density at radius 1 is 1.43 bits per heavy atom. The summed E-state index contributed by atoms with van der Waals surface area (Å²) in [6, 6.07) is 0. The SMILES string of the molecule is O=[N+]([O-])O.OO.[Fe]. The van der Waals surface area contributed by atoms with E-state index in [2.05, 4.69) is 0 Å². The largest absolute Gasteiger partial charge is 0.328 e. The summed E-state index contributed by atoms with van der Waals surface area (Å²) in [5, 5.41) is 25.6. The molecule has 7 heavy (non-hydrogen) atoms. The molecule has 46 valence electrons. The van der Waals surface area contributed by atoms with Gasteiger partial charge >= 0.3 is 0 Å². The summed E-state index contributed by atoms with van der Waals surface area (Å²) in [4.78, 5) is 8.36. The molecule has 0 aliphatic carbocycles. The Kier molecular flexibility index (Phi) is 39.7. The van der Waals surface area contributed by atoms with Gasteiger partial charge in [-0.2, -0.15) is 0 Å². The molecule has 3 N–H and O–H groups in total. The molecule has 0 saturated carbocycles. The molecule has 0 aliphatic rings. The van der Waals surface area contributed by atoms with E-state index in [9.17, 15) is 0 Å². The molecular formula is H3FeNO5. The van der Waals surface area contributed by atoms with Gasteiger partial charge in [-0.25, -0.2) is 0 Å². The molecule has 0 atom stereocenters. The fourth-order valence-corrected chi connectivity index (χ4v) is 0. The van der Waals surface area contributed by atoms with Gasteiger partial charge in [0.1, 0.15) is 0 Å². The molecule has 0 saturated heterocycles. The normalized spacial score (nSPS) is 4.29. The maximum atomic E-state index is 8.36. The average molecular weight is 153 g/mol. The van der Waals surface area contributed by atoms with Crippen LogP contribution in [-0.4, -0.2) is 20.8 Å². The Morgan fingerprint density at radius 3 is 1.43 bits per heavy atom. The first kappa shape index (κ1) is 15.9. The maximum absolute atomic E-state index is 8.36. The summed E-state index contributed by atoms with van der Waals surface area (Å²) >= 11 is 0. The molecule has 6 nitrogen and oxygen atoms in total. The molecular weight excluding hydrogens is 150 g/mol. The zero-order valence-corrected chi connectivity index (χ0v) is 4.06. The Morgan fingerprint density at radius 2 is 1.43 bits per heavy atom. The monoisotopic (exact) mass is 153 g/mol. The van der Waals surface area contributed by atoms with Crippen molar-refractivity contribution < 1.29 is 37.9 Å². The van der Waals surface area contributed by atoms with E-state index in [1.807, 2.05) is 0 Å². The van der Waals surface area contributed by atoms with E-state index >= 15 is 0 Å². The Hall–Kier alpha value is -0.361. The van der Waals surface area contributed by atoms with E-state index in [1.165, 1.54) is 0 Å². The van der Waals surface area contributed by atoms with Gasteiger partial charge in [0.25, 0.3) is 5.09 Å². The van der Waals surface area contributed by atoms with E-state index in [0.29, 0.717) is 0 Å². The molecule has 0 bridgehead atoms.